The van der Waals surface area contributed by atoms with Crippen molar-refractivity contribution in [2.45, 2.75) is 49.6 Å². The fraction of sp³-hybridized carbons (Fsp3) is 0.333. The van der Waals surface area contributed by atoms with Crippen LogP contribution in [0.1, 0.15) is 48.3 Å². The number of anilines is 1. The van der Waals surface area contributed by atoms with Gasteiger partial charge in [-0.1, -0.05) is 90.0 Å². The number of amides is 4. The van der Waals surface area contributed by atoms with Crippen molar-refractivity contribution in [3.63, 3.8) is 0 Å². The number of fused-ring (bicyclic) bond motifs is 4. The van der Waals surface area contributed by atoms with Crippen LogP contribution in [0.5, 0.6) is 11.5 Å². The maximum atomic E-state index is 15.4. The van der Waals surface area contributed by atoms with Gasteiger partial charge in [0.15, 0.2) is 0 Å². The third kappa shape index (κ3) is 5.53. The van der Waals surface area contributed by atoms with E-state index in [1.165, 1.54) is 17.6 Å². The minimum absolute atomic E-state index is 0.0531. The van der Waals surface area contributed by atoms with Crippen LogP contribution in [0.3, 0.4) is 0 Å². The van der Waals surface area contributed by atoms with Crippen LogP contribution in [0.2, 0.25) is 5.02 Å². The number of likely N-dealkylation sites (tertiary alicyclic amines) is 2. The Hall–Kier alpha value is -5.25. The largest absolute Gasteiger partial charge is 0.508 e. The maximum Gasteiger partial charge on any atom is 0.246 e. The molecule has 4 aromatic carbocycles. The lowest BCUT2D eigenvalue weighted by Gasteiger charge is -2.50. The normalized spacial score (nSPS) is 28.2. The summed E-state index contributed by atoms with van der Waals surface area (Å²) in [6.45, 7) is 2.36. The molecule has 55 heavy (non-hydrogen) atoms. The molecule has 4 amide bonds. The molecule has 10 heteroatoms. The Balaban J connectivity index is 1.14. The number of carbonyl (C=O) groups is 4. The first-order valence-corrected chi connectivity index (χ1v) is 19.5. The summed E-state index contributed by atoms with van der Waals surface area (Å²) in [5.41, 5.74) is 1.95. The van der Waals surface area contributed by atoms with Gasteiger partial charge in [-0.05, 0) is 79.1 Å². The van der Waals surface area contributed by atoms with Crippen molar-refractivity contribution in [1.82, 2.24) is 9.80 Å². The lowest BCUT2D eigenvalue weighted by atomic mass is 9.49. The highest BCUT2D eigenvalue weighted by Crippen LogP contribution is 2.65. The summed E-state index contributed by atoms with van der Waals surface area (Å²) in [6, 6.07) is 31.0. The number of phenols is 1. The molecule has 1 saturated carbocycles. The van der Waals surface area contributed by atoms with Gasteiger partial charge in [0.05, 0.1) is 36.0 Å². The fourth-order valence-corrected chi connectivity index (χ4v) is 10.7. The van der Waals surface area contributed by atoms with E-state index in [0.29, 0.717) is 46.8 Å². The molecule has 5 aliphatic rings. The highest BCUT2D eigenvalue weighted by atomic mass is 35.5. The van der Waals surface area contributed by atoms with Crippen molar-refractivity contribution in [3.05, 3.63) is 136 Å². The number of benzene rings is 4. The Morgan fingerprint density at radius 1 is 0.818 bits per heavy atom. The molecule has 9 rings (SSSR count). The van der Waals surface area contributed by atoms with Gasteiger partial charge in [0.25, 0.3) is 0 Å². The Morgan fingerprint density at radius 3 is 2.25 bits per heavy atom. The summed E-state index contributed by atoms with van der Waals surface area (Å²) in [7, 11) is 1.54. The van der Waals surface area contributed by atoms with E-state index in [1.54, 1.807) is 47.4 Å². The summed E-state index contributed by atoms with van der Waals surface area (Å²) in [5, 5.41) is 12.1. The van der Waals surface area contributed by atoms with E-state index < -0.39 is 46.8 Å². The van der Waals surface area contributed by atoms with Gasteiger partial charge in [-0.25, -0.2) is 4.90 Å². The molecule has 6 atom stereocenters. The van der Waals surface area contributed by atoms with Crippen molar-refractivity contribution >= 4 is 40.9 Å². The molecule has 4 aromatic rings. The number of piperidine rings is 1. The standard InChI is InChI=1S/C45H42ClN3O6/c1-55-32-15-18-38(50)36(24-32)40-33-16-17-34-39(43(53)48(41(34)51)30-19-21-47(22-20-30)26-27-9-4-2-5-10-27)35(33)25-37-42(52)49(31-14-8-13-29(46)23-31)44(54)45(37,40)28-11-6-3-7-12-28/h2-16,18,23-24,30,34-35,37,39-40,50H,17,19-22,25-26H2,1H3/t34-,35+,37-,39-,40+,45+/m0/s1. The molecule has 3 heterocycles. The summed E-state index contributed by atoms with van der Waals surface area (Å²) in [4.78, 5) is 64.8. The van der Waals surface area contributed by atoms with E-state index in [-0.39, 0.29) is 30.0 Å². The number of carbonyl (C=O) groups excluding carboxylic acids is 4. The second kappa shape index (κ2) is 13.8. The van der Waals surface area contributed by atoms with Gasteiger partial charge in [-0.3, -0.25) is 29.0 Å². The van der Waals surface area contributed by atoms with Gasteiger partial charge in [0.2, 0.25) is 23.6 Å². The topological polar surface area (TPSA) is 107 Å². The van der Waals surface area contributed by atoms with E-state index in [2.05, 4.69) is 17.0 Å². The minimum Gasteiger partial charge on any atom is -0.508 e. The Labute approximate surface area is 325 Å². The zero-order chi connectivity index (χ0) is 38.0. The molecule has 3 saturated heterocycles. The van der Waals surface area contributed by atoms with E-state index >= 15 is 4.79 Å². The minimum atomic E-state index is -1.49. The molecule has 9 nitrogen and oxygen atoms in total. The van der Waals surface area contributed by atoms with Crippen LogP contribution in [0.4, 0.5) is 5.69 Å². The molecule has 0 radical (unpaired) electrons. The predicted molar refractivity (Wildman–Crippen MR) is 207 cm³/mol. The fourth-order valence-electron chi connectivity index (χ4n) is 10.5. The third-order valence-electron chi connectivity index (χ3n) is 12.9. The van der Waals surface area contributed by atoms with Crippen LogP contribution < -0.4 is 9.64 Å². The quantitative estimate of drug-likeness (QED) is 0.162. The van der Waals surface area contributed by atoms with Gasteiger partial charge in [-0.2, -0.15) is 0 Å². The molecule has 1 N–H and O–H groups in total. The molecular weight excluding hydrogens is 714 g/mol. The Bertz CT molecular complexity index is 2220. The second-order valence-electron chi connectivity index (χ2n) is 15.6. The zero-order valence-electron chi connectivity index (χ0n) is 30.5. The first-order valence-electron chi connectivity index (χ1n) is 19.1. The van der Waals surface area contributed by atoms with Gasteiger partial charge in [0.1, 0.15) is 11.5 Å². The van der Waals surface area contributed by atoms with Crippen molar-refractivity contribution < 1.29 is 29.0 Å². The Kier molecular flexibility index (Phi) is 8.89. The number of ether oxygens (including phenoxy) is 1. The molecule has 280 valence electrons. The van der Waals surface area contributed by atoms with Crippen LogP contribution in [0.25, 0.3) is 0 Å². The van der Waals surface area contributed by atoms with Crippen LogP contribution >= 0.6 is 11.6 Å². The van der Waals surface area contributed by atoms with E-state index in [4.69, 9.17) is 16.3 Å². The summed E-state index contributed by atoms with van der Waals surface area (Å²) >= 11 is 6.43. The molecule has 0 aromatic heterocycles. The van der Waals surface area contributed by atoms with Gasteiger partial charge >= 0.3 is 0 Å². The van der Waals surface area contributed by atoms with Crippen molar-refractivity contribution in [3.8, 4) is 11.5 Å². The molecular formula is C45H42ClN3O6. The first-order chi connectivity index (χ1) is 26.7. The van der Waals surface area contributed by atoms with E-state index in [9.17, 15) is 19.5 Å². The average Bonchev–Trinajstić information content (AvgIpc) is 3.60. The smallest absolute Gasteiger partial charge is 0.246 e. The number of imide groups is 2. The van der Waals surface area contributed by atoms with Gasteiger partial charge in [-0.15, -0.1) is 0 Å². The average molecular weight is 756 g/mol. The molecule has 0 bridgehead atoms. The molecule has 0 unspecified atom stereocenters. The number of phenolic OH excluding ortho intramolecular Hbond substituents is 1. The molecule has 4 fully saturated rings. The number of aromatic hydroxyl groups is 1. The number of hydrogen-bond donors (Lipinski definition) is 1. The second-order valence-corrected chi connectivity index (χ2v) is 16.0. The number of rotatable bonds is 7. The number of halogens is 1. The van der Waals surface area contributed by atoms with E-state index in [0.717, 1.165) is 25.2 Å². The highest BCUT2D eigenvalue weighted by Gasteiger charge is 2.70. The summed E-state index contributed by atoms with van der Waals surface area (Å²) in [6.07, 6.45) is 3.91. The number of hydrogen-bond acceptors (Lipinski definition) is 7. The van der Waals surface area contributed by atoms with Crippen LogP contribution in [-0.2, 0) is 31.1 Å². The third-order valence-corrected chi connectivity index (χ3v) is 13.2. The van der Waals surface area contributed by atoms with Crippen LogP contribution in [-0.4, -0.2) is 64.8 Å². The predicted octanol–water partition coefficient (Wildman–Crippen LogP) is 6.88. The molecule has 2 aliphatic carbocycles. The lowest BCUT2D eigenvalue weighted by molar-refractivity contribution is -0.144. The highest BCUT2D eigenvalue weighted by molar-refractivity contribution is 6.32. The first kappa shape index (κ1) is 35.5. The Morgan fingerprint density at radius 2 is 1.55 bits per heavy atom. The van der Waals surface area contributed by atoms with Gasteiger partial charge in [0, 0.05) is 42.2 Å². The van der Waals surface area contributed by atoms with Gasteiger partial charge < -0.3 is 9.84 Å². The molecule has 3 aliphatic heterocycles. The maximum absolute atomic E-state index is 15.4. The number of allylic oxidation sites excluding steroid dienone is 2. The lowest BCUT2D eigenvalue weighted by Crippen LogP contribution is -2.53. The SMILES string of the molecule is COc1ccc(O)c([C@H]2C3=CC[C@@H]4C(=O)N(C5CCN(Cc6ccccc6)CC5)C(=O)[C@@H]4[C@@H]3C[C@H]3C(=O)N(c4cccc(Cl)c4)C(=O)[C@@]23c2ccccc2)c1. The molecule has 0 spiro atoms. The number of methoxy groups -OCH3 is 1. The monoisotopic (exact) mass is 755 g/mol. The number of nitrogens with zero attached hydrogens (tertiary/aromatic N) is 3. The summed E-state index contributed by atoms with van der Waals surface area (Å²) in [5.74, 6) is -4.31. The summed E-state index contributed by atoms with van der Waals surface area (Å²) < 4.78 is 5.64. The van der Waals surface area contributed by atoms with Crippen molar-refractivity contribution in [1.29, 1.82) is 0 Å². The van der Waals surface area contributed by atoms with Crippen LogP contribution in [0.15, 0.2) is 115 Å². The zero-order valence-corrected chi connectivity index (χ0v) is 31.3. The van der Waals surface area contributed by atoms with E-state index in [1.807, 2.05) is 54.6 Å². The van der Waals surface area contributed by atoms with Crippen LogP contribution in [0, 0.1) is 23.7 Å². The van der Waals surface area contributed by atoms with Crippen molar-refractivity contribution in [2.24, 2.45) is 23.7 Å². The van der Waals surface area contributed by atoms with Crippen molar-refractivity contribution in [2.75, 3.05) is 25.1 Å².